The number of nitrogens with one attached hydrogen (secondary N) is 2. The molecule has 2 N–H and O–H groups in total. The molecule has 108 valence electrons. The number of rotatable bonds is 6. The van der Waals surface area contributed by atoms with Gasteiger partial charge in [0, 0.05) is 17.0 Å². The molecule has 1 fully saturated rings. The Morgan fingerprint density at radius 1 is 1.42 bits per heavy atom. The first kappa shape index (κ1) is 15.0. The van der Waals surface area contributed by atoms with Gasteiger partial charge < -0.3 is 5.32 Å². The zero-order valence-electron chi connectivity index (χ0n) is 11.7. The van der Waals surface area contributed by atoms with E-state index in [0.717, 1.165) is 42.8 Å². The van der Waals surface area contributed by atoms with Gasteiger partial charge >= 0.3 is 0 Å². The van der Waals surface area contributed by atoms with Crippen molar-refractivity contribution in [2.75, 3.05) is 6.54 Å². The lowest BCUT2D eigenvalue weighted by Crippen LogP contribution is -2.50. The molecule has 1 aliphatic carbocycles. The van der Waals surface area contributed by atoms with Crippen molar-refractivity contribution in [1.82, 2.24) is 10.0 Å². The molecule has 1 aliphatic rings. The molecule has 2 rings (SSSR count). The Labute approximate surface area is 119 Å². The van der Waals surface area contributed by atoms with Crippen LogP contribution in [0, 0.1) is 6.92 Å². The summed E-state index contributed by atoms with van der Waals surface area (Å²) in [5, 5.41) is 3.24. The van der Waals surface area contributed by atoms with Crippen molar-refractivity contribution in [3.63, 3.8) is 0 Å². The summed E-state index contributed by atoms with van der Waals surface area (Å²) in [6.07, 6.45) is 2.97. The van der Waals surface area contributed by atoms with Crippen LogP contribution in [0.15, 0.2) is 10.3 Å². The molecule has 0 amide bonds. The Hall–Kier alpha value is -0.430. The summed E-state index contributed by atoms with van der Waals surface area (Å²) in [4.78, 5) is 1.10. The van der Waals surface area contributed by atoms with Crippen molar-refractivity contribution in [1.29, 1.82) is 0 Å². The highest BCUT2D eigenvalue weighted by molar-refractivity contribution is 7.91. The maximum atomic E-state index is 12.4. The van der Waals surface area contributed by atoms with Gasteiger partial charge in [0.2, 0.25) is 0 Å². The average Bonchev–Trinajstić information content (AvgIpc) is 2.66. The van der Waals surface area contributed by atoms with Crippen molar-refractivity contribution in [2.24, 2.45) is 0 Å². The minimum absolute atomic E-state index is 0.238. The highest BCUT2D eigenvalue weighted by Gasteiger charge is 2.36. The molecule has 4 nitrogen and oxygen atoms in total. The number of aryl methyl sites for hydroxylation is 1. The molecular weight excluding hydrogens is 280 g/mol. The molecule has 1 heterocycles. The molecule has 19 heavy (non-hydrogen) atoms. The molecule has 0 radical (unpaired) electrons. The van der Waals surface area contributed by atoms with Gasteiger partial charge in [-0.15, -0.1) is 11.3 Å². The molecular formula is C13H22N2O2S2. The van der Waals surface area contributed by atoms with E-state index in [0.29, 0.717) is 4.21 Å². The van der Waals surface area contributed by atoms with Gasteiger partial charge in [-0.25, -0.2) is 13.1 Å². The van der Waals surface area contributed by atoms with Crippen LogP contribution in [0.1, 0.15) is 43.6 Å². The van der Waals surface area contributed by atoms with Crippen LogP contribution in [0.3, 0.4) is 0 Å². The third-order valence-corrected chi connectivity index (χ3v) is 6.99. The van der Waals surface area contributed by atoms with Gasteiger partial charge in [0.15, 0.2) is 0 Å². The van der Waals surface area contributed by atoms with Gasteiger partial charge in [0.25, 0.3) is 10.0 Å². The zero-order chi connectivity index (χ0) is 14.1. The lowest BCUT2D eigenvalue weighted by molar-refractivity contribution is 0.248. The van der Waals surface area contributed by atoms with E-state index in [4.69, 9.17) is 0 Å². The van der Waals surface area contributed by atoms with Crippen LogP contribution in [0.4, 0.5) is 0 Å². The maximum absolute atomic E-state index is 12.4. The summed E-state index contributed by atoms with van der Waals surface area (Å²) in [6, 6.07) is 1.78. The van der Waals surface area contributed by atoms with Crippen molar-refractivity contribution in [3.05, 3.63) is 16.5 Å². The molecule has 6 heteroatoms. The Morgan fingerprint density at radius 3 is 2.63 bits per heavy atom. The van der Waals surface area contributed by atoms with E-state index in [1.807, 2.05) is 20.8 Å². The summed E-state index contributed by atoms with van der Waals surface area (Å²) in [5.41, 5.74) is 0.809. The van der Waals surface area contributed by atoms with E-state index in [1.165, 1.54) is 11.3 Å². The topological polar surface area (TPSA) is 58.2 Å². The smallest absolute Gasteiger partial charge is 0.250 e. The Bertz CT molecular complexity index is 545. The summed E-state index contributed by atoms with van der Waals surface area (Å²) in [6.45, 7) is 7.61. The van der Waals surface area contributed by atoms with Crippen molar-refractivity contribution >= 4 is 21.4 Å². The first-order chi connectivity index (χ1) is 8.86. The van der Waals surface area contributed by atoms with Crippen LogP contribution in [-0.2, 0) is 16.6 Å². The van der Waals surface area contributed by atoms with Crippen LogP contribution >= 0.6 is 11.3 Å². The molecule has 0 atom stereocenters. The van der Waals surface area contributed by atoms with Crippen molar-refractivity contribution in [2.45, 2.75) is 56.3 Å². The minimum Gasteiger partial charge on any atom is -0.312 e. The maximum Gasteiger partial charge on any atom is 0.250 e. The quantitative estimate of drug-likeness (QED) is 0.848. The normalized spacial score (nSPS) is 18.3. The molecule has 0 unspecified atom stereocenters. The van der Waals surface area contributed by atoms with Crippen molar-refractivity contribution < 1.29 is 8.42 Å². The predicted octanol–water partition coefficient (Wildman–Crippen LogP) is 2.39. The number of thiophene rings is 1. The summed E-state index contributed by atoms with van der Waals surface area (Å²) in [5.74, 6) is 0. The van der Waals surface area contributed by atoms with Gasteiger partial charge in [0.1, 0.15) is 4.21 Å². The highest BCUT2D eigenvalue weighted by atomic mass is 32.2. The molecule has 1 aromatic rings. The van der Waals surface area contributed by atoms with Gasteiger partial charge in [-0.2, -0.15) is 0 Å². The van der Waals surface area contributed by atoms with E-state index in [-0.39, 0.29) is 5.54 Å². The molecule has 1 saturated carbocycles. The SMILES string of the molecule is CCNCc1sc(S(=O)(=O)NC2(C)CCC2)cc1C. The Kier molecular flexibility index (Phi) is 4.35. The lowest BCUT2D eigenvalue weighted by Gasteiger charge is -2.38. The van der Waals surface area contributed by atoms with E-state index < -0.39 is 10.0 Å². The molecule has 0 aliphatic heterocycles. The minimum atomic E-state index is -3.36. The van der Waals surface area contributed by atoms with Crippen LogP contribution in [0.25, 0.3) is 0 Å². The largest absolute Gasteiger partial charge is 0.312 e. The third-order valence-electron chi connectivity index (χ3n) is 3.64. The summed E-state index contributed by atoms with van der Waals surface area (Å²) in [7, 11) is -3.36. The molecule has 0 saturated heterocycles. The van der Waals surface area contributed by atoms with E-state index in [2.05, 4.69) is 10.0 Å². The molecule has 0 aromatic carbocycles. The Balaban J connectivity index is 2.16. The summed E-state index contributed by atoms with van der Waals surface area (Å²) >= 11 is 1.37. The molecule has 1 aromatic heterocycles. The van der Waals surface area contributed by atoms with Gasteiger partial charge in [-0.05, 0) is 51.3 Å². The fourth-order valence-electron chi connectivity index (χ4n) is 2.22. The fraction of sp³-hybridized carbons (Fsp3) is 0.692. The standard InChI is InChI=1S/C13H22N2O2S2/c1-4-14-9-11-10(2)8-12(18-11)19(16,17)15-13(3)6-5-7-13/h8,14-15H,4-7,9H2,1-3H3. The highest BCUT2D eigenvalue weighted by Crippen LogP contribution is 2.34. The third kappa shape index (κ3) is 3.37. The number of hydrogen-bond acceptors (Lipinski definition) is 4. The Morgan fingerprint density at radius 2 is 2.11 bits per heavy atom. The van der Waals surface area contributed by atoms with Crippen LogP contribution in [-0.4, -0.2) is 20.5 Å². The average molecular weight is 302 g/mol. The molecule has 0 spiro atoms. The molecule has 0 bridgehead atoms. The number of hydrogen-bond donors (Lipinski definition) is 2. The summed E-state index contributed by atoms with van der Waals surface area (Å²) < 4.78 is 28.0. The fourth-order valence-corrected chi connectivity index (χ4v) is 5.24. The van der Waals surface area contributed by atoms with Crippen LogP contribution < -0.4 is 10.0 Å². The second kappa shape index (κ2) is 5.52. The second-order valence-corrected chi connectivity index (χ2v) is 8.52. The van der Waals surface area contributed by atoms with Gasteiger partial charge in [-0.1, -0.05) is 6.92 Å². The second-order valence-electron chi connectivity index (χ2n) is 5.47. The number of sulfonamides is 1. The monoisotopic (exact) mass is 302 g/mol. The predicted molar refractivity (Wildman–Crippen MR) is 79.0 cm³/mol. The van der Waals surface area contributed by atoms with Crippen LogP contribution in [0.5, 0.6) is 0 Å². The van der Waals surface area contributed by atoms with E-state index >= 15 is 0 Å². The zero-order valence-corrected chi connectivity index (χ0v) is 13.4. The van der Waals surface area contributed by atoms with Gasteiger partial charge in [0.05, 0.1) is 0 Å². The van der Waals surface area contributed by atoms with Crippen molar-refractivity contribution in [3.8, 4) is 0 Å². The lowest BCUT2D eigenvalue weighted by atomic mass is 9.80. The first-order valence-electron chi connectivity index (χ1n) is 6.70. The first-order valence-corrected chi connectivity index (χ1v) is 9.00. The van der Waals surface area contributed by atoms with E-state index in [9.17, 15) is 8.42 Å². The van der Waals surface area contributed by atoms with Gasteiger partial charge in [-0.3, -0.25) is 0 Å². The van der Waals surface area contributed by atoms with E-state index in [1.54, 1.807) is 6.07 Å². The van der Waals surface area contributed by atoms with Crippen LogP contribution in [0.2, 0.25) is 0 Å².